The first kappa shape index (κ1) is 22.5. The molecular weight excluding hydrogens is 435 g/mol. The van der Waals surface area contributed by atoms with E-state index in [1.807, 2.05) is 19.9 Å². The zero-order valence-corrected chi connectivity index (χ0v) is 18.8. The van der Waals surface area contributed by atoms with Crippen molar-refractivity contribution in [3.05, 3.63) is 52.6 Å². The third kappa shape index (κ3) is 5.03. The largest absolute Gasteiger partial charge is 0.380 e. The summed E-state index contributed by atoms with van der Waals surface area (Å²) in [6, 6.07) is 6.97. The van der Waals surface area contributed by atoms with Gasteiger partial charge in [0, 0.05) is 13.2 Å². The first-order chi connectivity index (χ1) is 15.5. The van der Waals surface area contributed by atoms with Crippen LogP contribution in [0, 0.1) is 18.7 Å². The van der Waals surface area contributed by atoms with Gasteiger partial charge in [0.2, 0.25) is 0 Å². The number of hydrogen-bond donors (Lipinski definition) is 2. The molecule has 0 atom stereocenters. The van der Waals surface area contributed by atoms with Crippen LogP contribution in [0.2, 0.25) is 5.02 Å². The molecule has 1 amide bonds. The van der Waals surface area contributed by atoms with Crippen molar-refractivity contribution in [2.24, 2.45) is 5.92 Å². The Morgan fingerprint density at radius 3 is 2.88 bits per heavy atom. The molecule has 1 saturated carbocycles. The van der Waals surface area contributed by atoms with Gasteiger partial charge >= 0.3 is 0 Å². The van der Waals surface area contributed by atoms with E-state index in [2.05, 4.69) is 15.8 Å². The van der Waals surface area contributed by atoms with Crippen LogP contribution < -0.4 is 10.8 Å². The van der Waals surface area contributed by atoms with Crippen LogP contribution in [-0.4, -0.2) is 35.3 Å². The average molecular weight is 461 g/mol. The van der Waals surface area contributed by atoms with Crippen LogP contribution >= 0.6 is 11.6 Å². The molecule has 2 aromatic carbocycles. The van der Waals surface area contributed by atoms with Crippen molar-refractivity contribution in [2.75, 3.05) is 25.1 Å². The van der Waals surface area contributed by atoms with Crippen molar-refractivity contribution in [1.82, 2.24) is 15.0 Å². The Balaban J connectivity index is 1.71. The van der Waals surface area contributed by atoms with E-state index in [4.69, 9.17) is 21.2 Å². The lowest BCUT2D eigenvalue weighted by Crippen LogP contribution is -2.26. The van der Waals surface area contributed by atoms with Gasteiger partial charge in [0.05, 0.1) is 47.0 Å². The molecule has 1 aromatic heterocycles. The second-order valence-corrected chi connectivity index (χ2v) is 8.32. The number of amides is 1. The number of carbonyl (C=O) groups excluding carboxylic acids is 1. The number of ether oxygens (including phenoxy) is 1. The van der Waals surface area contributed by atoms with Gasteiger partial charge in [-0.05, 0) is 56.4 Å². The Labute approximate surface area is 190 Å². The molecule has 32 heavy (non-hydrogen) atoms. The van der Waals surface area contributed by atoms with Gasteiger partial charge < -0.3 is 14.6 Å². The zero-order chi connectivity index (χ0) is 22.7. The maximum Gasteiger partial charge on any atom is 0.277 e. The molecule has 0 radical (unpaired) electrons. The highest BCUT2D eigenvalue weighted by Crippen LogP contribution is 2.34. The summed E-state index contributed by atoms with van der Waals surface area (Å²) in [5, 5.41) is 3.40. The van der Waals surface area contributed by atoms with Crippen LogP contribution in [0.4, 0.5) is 15.8 Å². The fourth-order valence-electron chi connectivity index (χ4n) is 3.37. The number of aryl methyl sites for hydroxylation is 1. The van der Waals surface area contributed by atoms with Gasteiger partial charge in [-0.25, -0.2) is 14.9 Å². The highest BCUT2D eigenvalue weighted by molar-refractivity contribution is 6.33. The minimum Gasteiger partial charge on any atom is -0.380 e. The van der Waals surface area contributed by atoms with Gasteiger partial charge in [0.1, 0.15) is 5.52 Å². The highest BCUT2D eigenvalue weighted by atomic mass is 35.5. The fourth-order valence-corrected chi connectivity index (χ4v) is 3.65. The van der Waals surface area contributed by atoms with Crippen molar-refractivity contribution in [3.63, 3.8) is 0 Å². The molecule has 4 rings (SSSR count). The smallest absolute Gasteiger partial charge is 0.277 e. The maximum absolute atomic E-state index is 15.6. The molecule has 3 aromatic rings. The Hall–Kier alpha value is -2.68. The normalized spacial score (nSPS) is 13.5. The fraction of sp³-hybridized carbons (Fsp3) is 0.391. The summed E-state index contributed by atoms with van der Waals surface area (Å²) < 4.78 is 22.8. The molecule has 1 aliphatic rings. The van der Waals surface area contributed by atoms with Gasteiger partial charge in [-0.3, -0.25) is 9.63 Å². The first-order valence-electron chi connectivity index (χ1n) is 10.7. The highest BCUT2D eigenvalue weighted by Gasteiger charge is 2.25. The van der Waals surface area contributed by atoms with Gasteiger partial charge in [-0.2, -0.15) is 0 Å². The number of hydroxylamine groups is 1. The molecule has 0 spiro atoms. The molecule has 0 unspecified atom stereocenters. The maximum atomic E-state index is 15.6. The number of aromatic nitrogens is 2. The first-order valence-corrected chi connectivity index (χ1v) is 11.1. The molecule has 170 valence electrons. The molecule has 0 saturated heterocycles. The average Bonchev–Trinajstić information content (AvgIpc) is 3.50. The Bertz CT molecular complexity index is 1130. The third-order valence-electron chi connectivity index (χ3n) is 5.35. The Morgan fingerprint density at radius 2 is 2.16 bits per heavy atom. The van der Waals surface area contributed by atoms with E-state index in [1.165, 1.54) is 0 Å². The third-order valence-corrected chi connectivity index (χ3v) is 5.66. The molecule has 2 N–H and O–H groups in total. The minimum absolute atomic E-state index is 0.00849. The number of benzene rings is 2. The number of imidazole rings is 1. The van der Waals surface area contributed by atoms with E-state index >= 15 is 4.39 Å². The molecule has 0 aliphatic heterocycles. The lowest BCUT2D eigenvalue weighted by atomic mass is 10.1. The number of halogens is 2. The van der Waals surface area contributed by atoms with E-state index in [1.54, 1.807) is 29.1 Å². The van der Waals surface area contributed by atoms with Crippen molar-refractivity contribution < 1.29 is 18.8 Å². The number of hydrogen-bond acceptors (Lipinski definition) is 5. The van der Waals surface area contributed by atoms with Crippen LogP contribution in [0.1, 0.15) is 35.7 Å². The molecule has 1 heterocycles. The summed E-state index contributed by atoms with van der Waals surface area (Å²) in [5.41, 5.74) is 4.64. The topological polar surface area (TPSA) is 77.4 Å². The Kier molecular flexibility index (Phi) is 6.93. The summed E-state index contributed by atoms with van der Waals surface area (Å²) in [4.78, 5) is 22.5. The number of rotatable bonds is 10. The number of fused-ring (bicyclic) bond motifs is 1. The predicted octanol–water partition coefficient (Wildman–Crippen LogP) is 4.99. The summed E-state index contributed by atoms with van der Waals surface area (Å²) >= 11 is 6.34. The lowest BCUT2D eigenvalue weighted by molar-refractivity contribution is 0.0271. The van der Waals surface area contributed by atoms with Crippen molar-refractivity contribution in [3.8, 4) is 0 Å². The molecular formula is C23H26ClFN4O3. The minimum atomic E-state index is -0.637. The number of carbonyl (C=O) groups is 1. The predicted molar refractivity (Wildman–Crippen MR) is 122 cm³/mol. The molecule has 1 fully saturated rings. The van der Waals surface area contributed by atoms with Crippen LogP contribution in [0.25, 0.3) is 11.0 Å². The molecule has 7 nitrogen and oxygen atoms in total. The van der Waals surface area contributed by atoms with E-state index in [-0.39, 0.29) is 16.8 Å². The van der Waals surface area contributed by atoms with E-state index < -0.39 is 11.7 Å². The lowest BCUT2D eigenvalue weighted by Gasteiger charge is -2.16. The summed E-state index contributed by atoms with van der Waals surface area (Å²) in [7, 11) is 0. The van der Waals surface area contributed by atoms with Gasteiger partial charge in [0.25, 0.3) is 5.91 Å². The van der Waals surface area contributed by atoms with E-state index in [0.717, 1.165) is 18.4 Å². The van der Waals surface area contributed by atoms with Crippen LogP contribution in [-0.2, 0) is 16.1 Å². The SMILES string of the molecule is CCOCCn1cnc2c(F)c(Nc3ccc(C)cc3Cl)c(C(=O)NOCC3CC3)cc21. The standard InChI is InChI=1S/C23H26ClFN4O3/c1-3-31-9-8-29-13-26-22-19(29)11-16(23(30)28-32-12-15-5-6-15)21(20(22)25)27-18-7-4-14(2)10-17(18)24/h4,7,10-11,13,15,27H,3,5-6,8-9,12H2,1-2H3,(H,28,30). The van der Waals surface area contributed by atoms with Gasteiger partial charge in [0.15, 0.2) is 5.82 Å². The van der Waals surface area contributed by atoms with E-state index in [9.17, 15) is 4.79 Å². The van der Waals surface area contributed by atoms with Crippen LogP contribution in [0.5, 0.6) is 0 Å². The number of nitrogens with one attached hydrogen (secondary N) is 2. The monoisotopic (exact) mass is 460 g/mol. The van der Waals surface area contributed by atoms with Gasteiger partial charge in [-0.15, -0.1) is 0 Å². The summed E-state index contributed by atoms with van der Waals surface area (Å²) in [5.74, 6) is -0.713. The number of nitrogens with zero attached hydrogens (tertiary/aromatic N) is 2. The molecule has 9 heteroatoms. The van der Waals surface area contributed by atoms with Crippen LogP contribution in [0.15, 0.2) is 30.6 Å². The zero-order valence-electron chi connectivity index (χ0n) is 18.1. The quantitative estimate of drug-likeness (QED) is 0.329. The second kappa shape index (κ2) is 9.85. The van der Waals surface area contributed by atoms with Crippen molar-refractivity contribution >= 4 is 39.9 Å². The van der Waals surface area contributed by atoms with Crippen molar-refractivity contribution in [2.45, 2.75) is 33.2 Å². The van der Waals surface area contributed by atoms with Gasteiger partial charge in [-0.1, -0.05) is 17.7 Å². The summed E-state index contributed by atoms with van der Waals surface area (Å²) in [6.07, 6.45) is 3.73. The summed E-state index contributed by atoms with van der Waals surface area (Å²) in [6.45, 7) is 5.78. The Morgan fingerprint density at radius 1 is 1.34 bits per heavy atom. The molecule has 0 bridgehead atoms. The van der Waals surface area contributed by atoms with Crippen molar-refractivity contribution in [1.29, 1.82) is 0 Å². The van der Waals surface area contributed by atoms with Crippen LogP contribution in [0.3, 0.4) is 0 Å². The molecule has 1 aliphatic carbocycles. The number of anilines is 2. The van der Waals surface area contributed by atoms with E-state index in [0.29, 0.717) is 48.5 Å². The second-order valence-electron chi connectivity index (χ2n) is 7.91.